The lowest BCUT2D eigenvalue weighted by atomic mass is 10.3. The lowest BCUT2D eigenvalue weighted by Gasteiger charge is -2.03. The predicted molar refractivity (Wildman–Crippen MR) is 65.8 cm³/mol. The van der Waals surface area contributed by atoms with E-state index in [9.17, 15) is 4.79 Å². The molecule has 0 fully saturated rings. The van der Waals surface area contributed by atoms with E-state index in [0.29, 0.717) is 11.3 Å². The van der Waals surface area contributed by atoms with Gasteiger partial charge in [-0.15, -0.1) is 11.3 Å². The normalized spacial score (nSPS) is 10.9. The zero-order valence-corrected chi connectivity index (χ0v) is 10.2. The number of nitrogens with zero attached hydrogens (tertiary/aromatic N) is 4. The number of carbonyl (C=O) groups is 1. The number of aryl methyl sites for hydroxylation is 1. The van der Waals surface area contributed by atoms with Gasteiger partial charge in [0.05, 0.1) is 16.1 Å². The molecule has 0 aromatic carbocycles. The van der Waals surface area contributed by atoms with Crippen molar-refractivity contribution in [1.29, 1.82) is 0 Å². The second kappa shape index (κ2) is 3.88. The molecule has 18 heavy (non-hydrogen) atoms. The first-order chi connectivity index (χ1) is 8.66. The number of fused-ring (bicyclic) bond motifs is 1. The van der Waals surface area contributed by atoms with Crippen LogP contribution in [-0.2, 0) is 0 Å². The largest absolute Gasteiger partial charge is 0.476 e. The molecule has 0 aliphatic rings. The van der Waals surface area contributed by atoms with Gasteiger partial charge in [-0.25, -0.2) is 14.8 Å². The Kier molecular flexibility index (Phi) is 2.34. The van der Waals surface area contributed by atoms with E-state index in [-0.39, 0.29) is 5.69 Å². The molecule has 7 heteroatoms. The van der Waals surface area contributed by atoms with Gasteiger partial charge in [-0.1, -0.05) is 0 Å². The molecule has 0 aliphatic heterocycles. The summed E-state index contributed by atoms with van der Waals surface area (Å²) in [6, 6.07) is 1.88. The van der Waals surface area contributed by atoms with E-state index in [2.05, 4.69) is 15.0 Å². The molecule has 0 saturated carbocycles. The minimum atomic E-state index is -1.08. The van der Waals surface area contributed by atoms with E-state index in [1.54, 1.807) is 16.1 Å². The Balaban J connectivity index is 2.31. The molecule has 1 N–H and O–H groups in total. The zero-order chi connectivity index (χ0) is 12.7. The van der Waals surface area contributed by atoms with E-state index >= 15 is 0 Å². The van der Waals surface area contributed by atoms with Crippen molar-refractivity contribution in [2.24, 2.45) is 0 Å². The lowest BCUT2D eigenvalue weighted by molar-refractivity contribution is 0.0693. The van der Waals surface area contributed by atoms with Crippen LogP contribution in [0.25, 0.3) is 16.2 Å². The summed E-state index contributed by atoms with van der Waals surface area (Å²) in [5.41, 5.74) is 3.62. The molecular formula is C11H8N4O2S. The Morgan fingerprint density at radius 1 is 1.50 bits per heavy atom. The van der Waals surface area contributed by atoms with E-state index in [1.807, 2.05) is 13.0 Å². The van der Waals surface area contributed by atoms with Gasteiger partial charge < -0.3 is 5.11 Å². The quantitative estimate of drug-likeness (QED) is 0.760. The number of aromatic carboxylic acids is 1. The Bertz CT molecular complexity index is 733. The van der Waals surface area contributed by atoms with Crippen molar-refractivity contribution in [3.05, 3.63) is 35.5 Å². The third kappa shape index (κ3) is 1.56. The standard InChI is InChI=1S/C11H8N4O2S/c1-6-2-7(8-3-12-5-18-8)14-10-9(11(16)17)13-4-15(6)10/h2-5H,1H3,(H,16,17). The topological polar surface area (TPSA) is 80.4 Å². The van der Waals surface area contributed by atoms with Gasteiger partial charge in [0.15, 0.2) is 11.3 Å². The van der Waals surface area contributed by atoms with Crippen molar-refractivity contribution >= 4 is 23.0 Å². The molecular weight excluding hydrogens is 252 g/mol. The molecule has 0 spiro atoms. The summed E-state index contributed by atoms with van der Waals surface area (Å²) in [5, 5.41) is 9.06. The van der Waals surface area contributed by atoms with Crippen LogP contribution in [0, 0.1) is 6.92 Å². The van der Waals surface area contributed by atoms with Crippen LogP contribution < -0.4 is 0 Å². The van der Waals surface area contributed by atoms with E-state index in [0.717, 1.165) is 10.6 Å². The van der Waals surface area contributed by atoms with Crippen molar-refractivity contribution in [1.82, 2.24) is 19.4 Å². The van der Waals surface area contributed by atoms with Crippen LogP contribution in [0.15, 0.2) is 24.1 Å². The fourth-order valence-corrected chi connectivity index (χ4v) is 2.32. The number of imidazole rings is 1. The van der Waals surface area contributed by atoms with E-state index in [4.69, 9.17) is 5.11 Å². The highest BCUT2D eigenvalue weighted by Crippen LogP contribution is 2.23. The maximum atomic E-state index is 11.1. The van der Waals surface area contributed by atoms with Crippen molar-refractivity contribution < 1.29 is 9.90 Å². The van der Waals surface area contributed by atoms with Crippen LogP contribution in [0.4, 0.5) is 0 Å². The van der Waals surface area contributed by atoms with Crippen LogP contribution in [0.3, 0.4) is 0 Å². The predicted octanol–water partition coefficient (Wildman–Crippen LogP) is 1.86. The summed E-state index contributed by atoms with van der Waals surface area (Å²) in [6.07, 6.45) is 3.18. The first-order valence-electron chi connectivity index (χ1n) is 5.13. The van der Waals surface area contributed by atoms with Gasteiger partial charge in [-0.2, -0.15) is 0 Å². The van der Waals surface area contributed by atoms with Crippen molar-refractivity contribution in [3.63, 3.8) is 0 Å². The molecule has 0 radical (unpaired) electrons. The monoisotopic (exact) mass is 260 g/mol. The molecule has 3 rings (SSSR count). The third-order valence-corrected chi connectivity index (χ3v) is 3.38. The van der Waals surface area contributed by atoms with Crippen molar-refractivity contribution in [3.8, 4) is 10.6 Å². The molecule has 0 atom stereocenters. The first-order valence-corrected chi connectivity index (χ1v) is 6.01. The first kappa shape index (κ1) is 10.8. The van der Waals surface area contributed by atoms with Gasteiger partial charge >= 0.3 is 5.97 Å². The number of rotatable bonds is 2. The summed E-state index contributed by atoms with van der Waals surface area (Å²) in [7, 11) is 0. The molecule has 0 aliphatic carbocycles. The molecule has 90 valence electrons. The van der Waals surface area contributed by atoms with Gasteiger partial charge in [0.1, 0.15) is 6.33 Å². The smallest absolute Gasteiger partial charge is 0.358 e. The molecule has 6 nitrogen and oxygen atoms in total. The van der Waals surface area contributed by atoms with E-state index < -0.39 is 5.97 Å². The number of aromatic nitrogens is 4. The van der Waals surface area contributed by atoms with Crippen LogP contribution in [0.5, 0.6) is 0 Å². The number of thiazole rings is 1. The second-order valence-electron chi connectivity index (χ2n) is 3.74. The molecule has 3 aromatic heterocycles. The second-order valence-corrected chi connectivity index (χ2v) is 4.63. The Hall–Kier alpha value is -2.28. The maximum absolute atomic E-state index is 11.1. The van der Waals surface area contributed by atoms with Crippen LogP contribution >= 0.6 is 11.3 Å². The summed E-state index contributed by atoms with van der Waals surface area (Å²) < 4.78 is 1.66. The molecule has 0 bridgehead atoms. The number of hydrogen-bond acceptors (Lipinski definition) is 5. The van der Waals surface area contributed by atoms with E-state index in [1.165, 1.54) is 17.7 Å². The average molecular weight is 260 g/mol. The molecule has 0 amide bonds. The molecule has 3 aromatic rings. The summed E-state index contributed by atoms with van der Waals surface area (Å²) in [4.78, 5) is 24.2. The summed E-state index contributed by atoms with van der Waals surface area (Å²) >= 11 is 1.46. The van der Waals surface area contributed by atoms with Crippen LogP contribution in [0.2, 0.25) is 0 Å². The van der Waals surface area contributed by atoms with Crippen LogP contribution in [-0.4, -0.2) is 30.4 Å². The number of carboxylic acid groups (broad SMARTS) is 1. The van der Waals surface area contributed by atoms with Gasteiger partial charge in [-0.05, 0) is 13.0 Å². The number of hydrogen-bond donors (Lipinski definition) is 1. The lowest BCUT2D eigenvalue weighted by Crippen LogP contribution is -2.01. The fourth-order valence-electron chi connectivity index (χ4n) is 1.74. The number of carboxylic acids is 1. The fraction of sp³-hybridized carbons (Fsp3) is 0.0909. The minimum absolute atomic E-state index is 0.0375. The zero-order valence-electron chi connectivity index (χ0n) is 9.36. The Morgan fingerprint density at radius 3 is 3.00 bits per heavy atom. The van der Waals surface area contributed by atoms with Crippen molar-refractivity contribution in [2.45, 2.75) is 6.92 Å². The third-order valence-electron chi connectivity index (χ3n) is 2.58. The van der Waals surface area contributed by atoms with Gasteiger partial charge in [-0.3, -0.25) is 9.38 Å². The van der Waals surface area contributed by atoms with Gasteiger partial charge in [0, 0.05) is 11.9 Å². The maximum Gasteiger partial charge on any atom is 0.358 e. The van der Waals surface area contributed by atoms with Gasteiger partial charge in [0.2, 0.25) is 0 Å². The Labute approximate surface area is 106 Å². The molecule has 0 saturated heterocycles. The average Bonchev–Trinajstić information content (AvgIpc) is 2.97. The highest BCUT2D eigenvalue weighted by Gasteiger charge is 2.16. The highest BCUT2D eigenvalue weighted by atomic mass is 32.1. The van der Waals surface area contributed by atoms with Crippen molar-refractivity contribution in [2.75, 3.05) is 0 Å². The minimum Gasteiger partial charge on any atom is -0.476 e. The molecule has 0 unspecified atom stereocenters. The highest BCUT2D eigenvalue weighted by molar-refractivity contribution is 7.13. The van der Waals surface area contributed by atoms with Gasteiger partial charge in [0.25, 0.3) is 0 Å². The molecule has 3 heterocycles. The summed E-state index contributed by atoms with van der Waals surface area (Å²) in [6.45, 7) is 1.88. The summed E-state index contributed by atoms with van der Waals surface area (Å²) in [5.74, 6) is -1.08. The SMILES string of the molecule is Cc1cc(-c2cncs2)nc2c(C(=O)O)ncn12. The Morgan fingerprint density at radius 2 is 2.33 bits per heavy atom. The van der Waals surface area contributed by atoms with Crippen LogP contribution in [0.1, 0.15) is 16.2 Å².